The Bertz CT molecular complexity index is 1030. The molecule has 0 aliphatic carbocycles. The Morgan fingerprint density at radius 3 is 2.64 bits per heavy atom. The molecule has 3 aromatic rings. The van der Waals surface area contributed by atoms with Gasteiger partial charge >= 0.3 is 0 Å². The number of hydrogen-bond donors (Lipinski definition) is 2. The Hall–Kier alpha value is -3.75. The lowest BCUT2D eigenvalue weighted by Gasteiger charge is -2.08. The van der Waals surface area contributed by atoms with E-state index in [1.54, 1.807) is 0 Å². The van der Waals surface area contributed by atoms with Crippen LogP contribution in [-0.4, -0.2) is 22.7 Å². The second-order valence-electron chi connectivity index (χ2n) is 5.91. The largest absolute Gasteiger partial charge is 0.454 e. The lowest BCUT2D eigenvalue weighted by molar-refractivity contribution is 0.102. The number of aromatic nitrogens is 2. The van der Waals surface area contributed by atoms with Crippen molar-refractivity contribution in [2.75, 3.05) is 17.4 Å². The van der Waals surface area contributed by atoms with Gasteiger partial charge in [-0.3, -0.25) is 4.79 Å². The topological polar surface area (TPSA) is 85.4 Å². The van der Waals surface area contributed by atoms with Crippen molar-refractivity contribution in [3.63, 3.8) is 0 Å². The molecule has 2 heterocycles. The molecule has 0 spiro atoms. The number of halogens is 2. The summed E-state index contributed by atoms with van der Waals surface area (Å²) in [7, 11) is 0. The molecule has 0 bridgehead atoms. The predicted molar refractivity (Wildman–Crippen MR) is 96.2 cm³/mol. The summed E-state index contributed by atoms with van der Waals surface area (Å²) in [5.41, 5.74) is 1.13. The maximum Gasteiger partial charge on any atom is 0.275 e. The van der Waals surface area contributed by atoms with E-state index in [9.17, 15) is 13.6 Å². The van der Waals surface area contributed by atoms with Gasteiger partial charge in [0.15, 0.2) is 23.1 Å². The number of hydrogen-bond acceptors (Lipinski definition) is 6. The summed E-state index contributed by atoms with van der Waals surface area (Å²) in [6, 6.07) is 8.67. The van der Waals surface area contributed by atoms with E-state index in [2.05, 4.69) is 20.6 Å². The van der Waals surface area contributed by atoms with Crippen molar-refractivity contribution in [3.8, 4) is 11.5 Å². The first-order valence-corrected chi connectivity index (χ1v) is 8.29. The first-order chi connectivity index (χ1) is 13.6. The van der Waals surface area contributed by atoms with Crippen molar-refractivity contribution in [2.45, 2.75) is 6.54 Å². The summed E-state index contributed by atoms with van der Waals surface area (Å²) in [5.74, 6) is -0.750. The SMILES string of the molecule is O=C(Nc1ccc(F)c(F)c1)c1cnc(NCc2ccc3c(c2)OCO3)cn1. The minimum absolute atomic E-state index is 0.0402. The molecule has 0 fully saturated rings. The Morgan fingerprint density at radius 2 is 1.86 bits per heavy atom. The number of anilines is 2. The summed E-state index contributed by atoms with van der Waals surface area (Å²) in [6.45, 7) is 0.692. The van der Waals surface area contributed by atoms with E-state index in [0.717, 1.165) is 17.7 Å². The van der Waals surface area contributed by atoms with E-state index in [1.165, 1.54) is 18.5 Å². The highest BCUT2D eigenvalue weighted by Gasteiger charge is 2.13. The van der Waals surface area contributed by atoms with Crippen LogP contribution in [0.3, 0.4) is 0 Å². The normalized spacial score (nSPS) is 11.9. The molecule has 2 N–H and O–H groups in total. The monoisotopic (exact) mass is 384 g/mol. The molecule has 7 nitrogen and oxygen atoms in total. The van der Waals surface area contributed by atoms with E-state index >= 15 is 0 Å². The van der Waals surface area contributed by atoms with Crippen LogP contribution in [0.1, 0.15) is 16.1 Å². The lowest BCUT2D eigenvalue weighted by atomic mass is 10.2. The standard InChI is InChI=1S/C19H14F2N4O3/c20-13-3-2-12(6-14(13)21)25-19(26)15-8-24-18(9-22-15)23-7-11-1-4-16-17(5-11)28-10-27-16/h1-6,8-9H,7,10H2,(H,23,24)(H,25,26). The number of benzene rings is 2. The van der Waals surface area contributed by atoms with E-state index in [1.807, 2.05) is 18.2 Å². The van der Waals surface area contributed by atoms with Crippen LogP contribution in [0, 0.1) is 11.6 Å². The highest BCUT2D eigenvalue weighted by molar-refractivity contribution is 6.02. The number of nitrogens with zero attached hydrogens (tertiary/aromatic N) is 2. The van der Waals surface area contributed by atoms with Crippen molar-refractivity contribution in [1.82, 2.24) is 9.97 Å². The number of fused-ring (bicyclic) bond motifs is 1. The zero-order valence-corrected chi connectivity index (χ0v) is 14.4. The minimum Gasteiger partial charge on any atom is -0.454 e. The van der Waals surface area contributed by atoms with Crippen molar-refractivity contribution in [3.05, 3.63) is 71.7 Å². The maximum atomic E-state index is 13.2. The van der Waals surface area contributed by atoms with Gasteiger partial charge in [0.25, 0.3) is 5.91 Å². The Kier molecular flexibility index (Phi) is 4.71. The fraction of sp³-hybridized carbons (Fsp3) is 0.105. The Morgan fingerprint density at radius 1 is 1.00 bits per heavy atom. The van der Waals surface area contributed by atoms with Crippen LogP contribution >= 0.6 is 0 Å². The molecule has 1 aliphatic heterocycles. The van der Waals surface area contributed by atoms with Crippen LogP contribution in [-0.2, 0) is 6.54 Å². The average molecular weight is 384 g/mol. The number of carbonyl (C=O) groups is 1. The number of amides is 1. The third kappa shape index (κ3) is 3.83. The Labute approximate surface area is 158 Å². The molecule has 0 saturated heterocycles. The van der Waals surface area contributed by atoms with Crippen molar-refractivity contribution in [1.29, 1.82) is 0 Å². The van der Waals surface area contributed by atoms with Crippen LogP contribution in [0.5, 0.6) is 11.5 Å². The minimum atomic E-state index is -1.05. The van der Waals surface area contributed by atoms with Crippen molar-refractivity contribution >= 4 is 17.4 Å². The maximum absolute atomic E-state index is 13.2. The zero-order valence-electron chi connectivity index (χ0n) is 14.4. The molecule has 0 atom stereocenters. The molecule has 2 aromatic carbocycles. The van der Waals surface area contributed by atoms with Crippen LogP contribution in [0.2, 0.25) is 0 Å². The third-order valence-electron chi connectivity index (χ3n) is 3.97. The molecule has 28 heavy (non-hydrogen) atoms. The smallest absolute Gasteiger partial charge is 0.275 e. The van der Waals surface area contributed by atoms with E-state index in [-0.39, 0.29) is 18.2 Å². The number of carbonyl (C=O) groups excluding carboxylic acids is 1. The molecule has 142 valence electrons. The molecular formula is C19H14F2N4O3. The molecule has 1 aliphatic rings. The van der Waals surface area contributed by atoms with Gasteiger partial charge in [0.2, 0.25) is 6.79 Å². The zero-order chi connectivity index (χ0) is 19.5. The summed E-state index contributed by atoms with van der Waals surface area (Å²) in [4.78, 5) is 20.3. The molecule has 0 saturated carbocycles. The molecule has 4 rings (SSSR count). The quantitative estimate of drug-likeness (QED) is 0.702. The summed E-state index contributed by atoms with van der Waals surface area (Å²) >= 11 is 0. The molecule has 9 heteroatoms. The van der Waals surface area contributed by atoms with Gasteiger partial charge in [0.05, 0.1) is 12.4 Å². The summed E-state index contributed by atoms with van der Waals surface area (Å²) in [6.07, 6.45) is 2.70. The van der Waals surface area contributed by atoms with E-state index in [0.29, 0.717) is 23.9 Å². The van der Waals surface area contributed by atoms with Crippen LogP contribution in [0.15, 0.2) is 48.8 Å². The third-order valence-corrected chi connectivity index (χ3v) is 3.97. The van der Waals surface area contributed by atoms with Gasteiger partial charge in [0.1, 0.15) is 11.5 Å². The van der Waals surface area contributed by atoms with Crippen LogP contribution < -0.4 is 20.1 Å². The number of ether oxygens (including phenoxy) is 2. The average Bonchev–Trinajstić information content (AvgIpc) is 3.17. The van der Waals surface area contributed by atoms with E-state index in [4.69, 9.17) is 9.47 Å². The van der Waals surface area contributed by atoms with Gasteiger partial charge in [0, 0.05) is 18.3 Å². The molecular weight excluding hydrogens is 370 g/mol. The van der Waals surface area contributed by atoms with Gasteiger partial charge in [-0.2, -0.15) is 0 Å². The number of nitrogens with one attached hydrogen (secondary N) is 2. The lowest BCUT2D eigenvalue weighted by Crippen LogP contribution is -2.14. The fourth-order valence-corrected chi connectivity index (χ4v) is 2.55. The van der Waals surface area contributed by atoms with Crippen molar-refractivity contribution < 1.29 is 23.0 Å². The van der Waals surface area contributed by atoms with Gasteiger partial charge in [-0.1, -0.05) is 6.07 Å². The van der Waals surface area contributed by atoms with Gasteiger partial charge < -0.3 is 20.1 Å². The van der Waals surface area contributed by atoms with Gasteiger partial charge in [-0.05, 0) is 29.8 Å². The molecule has 1 aromatic heterocycles. The first-order valence-electron chi connectivity index (χ1n) is 8.29. The van der Waals surface area contributed by atoms with Gasteiger partial charge in [-0.25, -0.2) is 18.7 Å². The molecule has 0 unspecified atom stereocenters. The van der Waals surface area contributed by atoms with Crippen LogP contribution in [0.25, 0.3) is 0 Å². The highest BCUT2D eigenvalue weighted by atomic mass is 19.2. The van der Waals surface area contributed by atoms with Gasteiger partial charge in [-0.15, -0.1) is 0 Å². The predicted octanol–water partition coefficient (Wildman–Crippen LogP) is 3.35. The molecule has 0 radical (unpaired) electrons. The second-order valence-corrected chi connectivity index (χ2v) is 5.91. The highest BCUT2D eigenvalue weighted by Crippen LogP contribution is 2.32. The first kappa shape index (κ1) is 17.7. The Balaban J connectivity index is 1.36. The second kappa shape index (κ2) is 7.47. The van der Waals surface area contributed by atoms with Crippen molar-refractivity contribution in [2.24, 2.45) is 0 Å². The van der Waals surface area contributed by atoms with Crippen LogP contribution in [0.4, 0.5) is 20.3 Å². The molecule has 1 amide bonds. The number of rotatable bonds is 5. The van der Waals surface area contributed by atoms with E-state index < -0.39 is 17.5 Å². The summed E-state index contributed by atoms with van der Waals surface area (Å²) < 4.78 is 36.7. The fourth-order valence-electron chi connectivity index (χ4n) is 2.55. The summed E-state index contributed by atoms with van der Waals surface area (Å²) in [5, 5.41) is 5.52.